The van der Waals surface area contributed by atoms with E-state index in [1.54, 1.807) is 7.11 Å². The summed E-state index contributed by atoms with van der Waals surface area (Å²) in [5.74, 6) is -1.10. The van der Waals surface area contributed by atoms with Crippen LogP contribution in [0.4, 0.5) is 5.69 Å². The zero-order chi connectivity index (χ0) is 15.4. The Kier molecular flexibility index (Phi) is 4.74. The molecule has 1 aromatic carbocycles. The Bertz CT molecular complexity index is 544. The number of benzene rings is 1. The van der Waals surface area contributed by atoms with Gasteiger partial charge >= 0.3 is 11.7 Å². The Labute approximate surface area is 121 Å². The van der Waals surface area contributed by atoms with Gasteiger partial charge < -0.3 is 14.6 Å². The summed E-state index contributed by atoms with van der Waals surface area (Å²) in [6.07, 6.45) is 3.31. The minimum Gasteiger partial charge on any atom is -0.483 e. The van der Waals surface area contributed by atoms with E-state index < -0.39 is 10.9 Å². The molecule has 2 rings (SSSR count). The van der Waals surface area contributed by atoms with Gasteiger partial charge in [0.15, 0.2) is 5.75 Å². The highest BCUT2D eigenvalue weighted by molar-refractivity contribution is 5.88. The van der Waals surface area contributed by atoms with E-state index in [1.165, 1.54) is 12.1 Å². The average molecular weight is 295 g/mol. The third-order valence-electron chi connectivity index (χ3n) is 3.61. The van der Waals surface area contributed by atoms with Gasteiger partial charge in [0.25, 0.3) is 0 Å². The second kappa shape index (κ2) is 6.53. The first-order valence-electron chi connectivity index (χ1n) is 6.72. The largest absolute Gasteiger partial charge is 0.483 e. The molecule has 7 nitrogen and oxygen atoms in total. The van der Waals surface area contributed by atoms with Gasteiger partial charge in [0, 0.05) is 19.6 Å². The van der Waals surface area contributed by atoms with Crippen LogP contribution in [0, 0.1) is 10.1 Å². The standard InChI is InChI=1S/C14H17NO6/c1-20-10-3-2-4-11(8-10)21-13-6-5-9(14(16)17)7-12(13)15(18)19/h5-7,10-11H,2-4,8H2,1H3,(H,16,17). The molecule has 2 atom stereocenters. The maximum absolute atomic E-state index is 11.1. The van der Waals surface area contributed by atoms with Crippen LogP contribution in [-0.2, 0) is 4.74 Å². The summed E-state index contributed by atoms with van der Waals surface area (Å²) in [5, 5.41) is 20.0. The van der Waals surface area contributed by atoms with E-state index in [4.69, 9.17) is 14.6 Å². The van der Waals surface area contributed by atoms with Crippen LogP contribution in [0.3, 0.4) is 0 Å². The lowest BCUT2D eigenvalue weighted by atomic mass is 9.95. The van der Waals surface area contributed by atoms with Crippen molar-refractivity contribution in [1.29, 1.82) is 0 Å². The van der Waals surface area contributed by atoms with Crippen LogP contribution in [0.5, 0.6) is 5.75 Å². The Morgan fingerprint density at radius 3 is 2.71 bits per heavy atom. The highest BCUT2D eigenvalue weighted by Gasteiger charge is 2.26. The number of carboxylic acids is 1. The molecule has 114 valence electrons. The first kappa shape index (κ1) is 15.2. The molecule has 0 aliphatic heterocycles. The molecule has 0 bridgehead atoms. The lowest BCUT2D eigenvalue weighted by Gasteiger charge is -2.28. The summed E-state index contributed by atoms with van der Waals surface area (Å²) in [7, 11) is 1.64. The Hall–Kier alpha value is -2.15. The molecule has 1 N–H and O–H groups in total. The number of hydrogen-bond donors (Lipinski definition) is 1. The van der Waals surface area contributed by atoms with E-state index in [1.807, 2.05) is 0 Å². The molecule has 0 aromatic heterocycles. The highest BCUT2D eigenvalue weighted by atomic mass is 16.6. The van der Waals surface area contributed by atoms with Crippen LogP contribution in [-0.4, -0.2) is 35.3 Å². The van der Waals surface area contributed by atoms with E-state index in [-0.39, 0.29) is 29.2 Å². The summed E-state index contributed by atoms with van der Waals surface area (Å²) in [6, 6.07) is 3.67. The number of aromatic carboxylic acids is 1. The van der Waals surface area contributed by atoms with Crippen molar-refractivity contribution in [3.05, 3.63) is 33.9 Å². The summed E-state index contributed by atoms with van der Waals surface area (Å²) in [5.41, 5.74) is -0.457. The lowest BCUT2D eigenvalue weighted by Crippen LogP contribution is -2.29. The third-order valence-corrected chi connectivity index (χ3v) is 3.61. The van der Waals surface area contributed by atoms with Crippen LogP contribution in [0.2, 0.25) is 0 Å². The fourth-order valence-corrected chi connectivity index (χ4v) is 2.50. The molecule has 2 unspecified atom stereocenters. The van der Waals surface area contributed by atoms with Gasteiger partial charge in [0.2, 0.25) is 0 Å². The molecular formula is C14H17NO6. The quantitative estimate of drug-likeness (QED) is 0.662. The second-order valence-electron chi connectivity index (χ2n) is 5.01. The van der Waals surface area contributed by atoms with Gasteiger partial charge in [-0.3, -0.25) is 10.1 Å². The van der Waals surface area contributed by atoms with Crippen LogP contribution in [0.25, 0.3) is 0 Å². The normalized spacial score (nSPS) is 21.8. The monoisotopic (exact) mass is 295 g/mol. The molecule has 1 aliphatic carbocycles. The topological polar surface area (TPSA) is 98.9 Å². The minimum atomic E-state index is -1.21. The van der Waals surface area contributed by atoms with E-state index in [0.29, 0.717) is 6.42 Å². The number of carbonyl (C=O) groups is 1. The van der Waals surface area contributed by atoms with Gasteiger partial charge in [0.05, 0.1) is 16.6 Å². The second-order valence-corrected chi connectivity index (χ2v) is 5.01. The van der Waals surface area contributed by atoms with Crippen LogP contribution in [0.15, 0.2) is 18.2 Å². The number of rotatable bonds is 5. The third kappa shape index (κ3) is 3.69. The van der Waals surface area contributed by atoms with Crippen molar-refractivity contribution in [2.24, 2.45) is 0 Å². The first-order chi connectivity index (χ1) is 10.0. The van der Waals surface area contributed by atoms with Crippen LogP contribution < -0.4 is 4.74 Å². The molecule has 1 fully saturated rings. The fraction of sp³-hybridized carbons (Fsp3) is 0.500. The summed E-state index contributed by atoms with van der Waals surface area (Å²) in [4.78, 5) is 21.3. The smallest absolute Gasteiger partial charge is 0.335 e. The number of nitrogens with zero attached hydrogens (tertiary/aromatic N) is 1. The van der Waals surface area contributed by atoms with E-state index in [0.717, 1.165) is 25.3 Å². The van der Waals surface area contributed by atoms with Crippen molar-refractivity contribution in [2.75, 3.05) is 7.11 Å². The number of hydrogen-bond acceptors (Lipinski definition) is 5. The van der Waals surface area contributed by atoms with Crippen molar-refractivity contribution < 1.29 is 24.3 Å². The predicted molar refractivity (Wildman–Crippen MR) is 73.7 cm³/mol. The zero-order valence-electron chi connectivity index (χ0n) is 11.7. The molecule has 21 heavy (non-hydrogen) atoms. The highest BCUT2D eigenvalue weighted by Crippen LogP contribution is 2.32. The molecule has 0 amide bonds. The number of carboxylic acid groups (broad SMARTS) is 1. The number of nitro groups is 1. The van der Waals surface area contributed by atoms with E-state index in [9.17, 15) is 14.9 Å². The maximum atomic E-state index is 11.1. The molecule has 1 saturated carbocycles. The predicted octanol–water partition coefficient (Wildman–Crippen LogP) is 2.63. The number of ether oxygens (including phenoxy) is 2. The molecule has 0 radical (unpaired) electrons. The van der Waals surface area contributed by atoms with Gasteiger partial charge in [-0.15, -0.1) is 0 Å². The molecule has 1 aliphatic rings. The minimum absolute atomic E-state index is 0.0982. The van der Waals surface area contributed by atoms with Crippen LogP contribution in [0.1, 0.15) is 36.0 Å². The Morgan fingerprint density at radius 1 is 1.38 bits per heavy atom. The lowest BCUT2D eigenvalue weighted by molar-refractivity contribution is -0.386. The van der Waals surface area contributed by atoms with Gasteiger partial charge in [-0.1, -0.05) is 0 Å². The maximum Gasteiger partial charge on any atom is 0.335 e. The van der Waals surface area contributed by atoms with Crippen molar-refractivity contribution in [2.45, 2.75) is 37.9 Å². The summed E-state index contributed by atoms with van der Waals surface area (Å²) >= 11 is 0. The Morgan fingerprint density at radius 2 is 2.10 bits per heavy atom. The molecule has 0 saturated heterocycles. The van der Waals surface area contributed by atoms with Gasteiger partial charge in [-0.05, 0) is 31.4 Å². The summed E-state index contributed by atoms with van der Waals surface area (Å²) in [6.45, 7) is 0. The summed E-state index contributed by atoms with van der Waals surface area (Å²) < 4.78 is 11.0. The molecular weight excluding hydrogens is 278 g/mol. The first-order valence-corrected chi connectivity index (χ1v) is 6.72. The van der Waals surface area contributed by atoms with E-state index >= 15 is 0 Å². The fourth-order valence-electron chi connectivity index (χ4n) is 2.50. The van der Waals surface area contributed by atoms with Crippen molar-refractivity contribution in [3.63, 3.8) is 0 Å². The van der Waals surface area contributed by atoms with Crippen molar-refractivity contribution in [1.82, 2.24) is 0 Å². The molecule has 0 spiro atoms. The van der Waals surface area contributed by atoms with Crippen molar-refractivity contribution >= 4 is 11.7 Å². The van der Waals surface area contributed by atoms with Gasteiger partial charge in [-0.2, -0.15) is 0 Å². The molecule has 1 aromatic rings. The van der Waals surface area contributed by atoms with Crippen LogP contribution >= 0.6 is 0 Å². The molecule has 0 heterocycles. The SMILES string of the molecule is COC1CCCC(Oc2ccc(C(=O)O)cc2[N+](=O)[O-])C1. The molecule has 7 heteroatoms. The van der Waals surface area contributed by atoms with Gasteiger partial charge in [0.1, 0.15) is 6.10 Å². The van der Waals surface area contributed by atoms with E-state index in [2.05, 4.69) is 0 Å². The Balaban J connectivity index is 2.19. The average Bonchev–Trinajstić information content (AvgIpc) is 2.47. The number of nitro benzene ring substituents is 1. The zero-order valence-corrected chi connectivity index (χ0v) is 11.7. The number of methoxy groups -OCH3 is 1. The van der Waals surface area contributed by atoms with Crippen molar-refractivity contribution in [3.8, 4) is 5.75 Å². The van der Waals surface area contributed by atoms with Gasteiger partial charge in [-0.25, -0.2) is 4.79 Å².